The summed E-state index contributed by atoms with van der Waals surface area (Å²) in [5.41, 5.74) is 5.01. The van der Waals surface area contributed by atoms with Gasteiger partial charge in [0.15, 0.2) is 0 Å². The molecule has 2 N–H and O–H groups in total. The number of aliphatic hydroxyl groups excluding tert-OH is 2. The summed E-state index contributed by atoms with van der Waals surface area (Å²) in [6, 6.07) is 17.2. The molecule has 0 bridgehead atoms. The molecule has 2 aromatic carbocycles. The number of carbonyl (C=O) groups excluding carboxylic acids is 1. The maximum Gasteiger partial charge on any atom is 0.410 e. The topological polar surface area (TPSA) is 132 Å². The van der Waals surface area contributed by atoms with E-state index in [1.54, 1.807) is 23.1 Å². The highest BCUT2D eigenvalue weighted by Crippen LogP contribution is 2.62. The Balaban J connectivity index is 1.42. The third-order valence-corrected chi connectivity index (χ3v) is 13.8. The SMILES string of the molecule is C=CCO[C@@]12Oc3ccc(OCc4cccc(C)n4)cc3[C@H]3[C@H](CCCCO)[C@@H](CCCCO)C=C(C(=NOC)C[C@@H]1N(Cc1ccc(F)cc1)C(=O)OCCCCCCCCCCCC)[C@H]32. The molecule has 2 heterocycles. The standard InChI is InChI=1S/C55H76FN3O8/c1-5-7-8-9-10-11-12-13-14-19-34-64-54(62)59(38-41-25-27-43(56)28-26-41)51-37-49(58-63-4)47-35-42(22-15-17-31-60)46(24-16-18-32-61)52-48-36-45(65-39-44-23-20-21-40(3)57-44)29-30-50(48)67-55(51,53(47)52)66-33-6-2/h6,20-21,23,25-30,35-36,42,46,51-53,60-61H,2,5,7-19,22,24,31-34,37-39H2,1,3-4H3/t42-,46+,51-,52+,53+,55+/m0/s1. The molecule has 1 aliphatic heterocycles. The Hall–Kier alpha value is -4.78. The average Bonchev–Trinajstić information content (AvgIpc) is 3.33. The van der Waals surface area contributed by atoms with Gasteiger partial charge in [-0.1, -0.05) is 113 Å². The van der Waals surface area contributed by atoms with E-state index in [0.717, 1.165) is 73.0 Å². The minimum atomic E-state index is -1.47. The lowest BCUT2D eigenvalue weighted by molar-refractivity contribution is -0.256. The monoisotopic (exact) mass is 926 g/mol. The van der Waals surface area contributed by atoms with Crippen LogP contribution < -0.4 is 9.47 Å². The van der Waals surface area contributed by atoms with Gasteiger partial charge in [-0.05, 0) is 104 Å². The second-order valence-corrected chi connectivity index (χ2v) is 18.6. The number of rotatable bonds is 29. The number of allylic oxidation sites excluding steroid dienone is 1. The molecule has 0 saturated heterocycles. The summed E-state index contributed by atoms with van der Waals surface area (Å²) in [6.07, 6.45) is 19.9. The van der Waals surface area contributed by atoms with Crippen molar-refractivity contribution in [1.82, 2.24) is 9.88 Å². The van der Waals surface area contributed by atoms with Crippen molar-refractivity contribution in [1.29, 1.82) is 0 Å². The van der Waals surface area contributed by atoms with Crippen molar-refractivity contribution in [3.8, 4) is 11.5 Å². The summed E-state index contributed by atoms with van der Waals surface area (Å²) >= 11 is 0. The molecule has 11 nitrogen and oxygen atoms in total. The minimum absolute atomic E-state index is 0.0402. The summed E-state index contributed by atoms with van der Waals surface area (Å²) in [7, 11) is 1.53. The zero-order valence-corrected chi connectivity index (χ0v) is 40.3. The molecule has 3 aliphatic rings. The fraction of sp³-hybridized carbons (Fsp3) is 0.582. The number of aliphatic hydroxyl groups is 2. The number of hydrogen-bond acceptors (Lipinski definition) is 10. The molecule has 0 spiro atoms. The highest BCUT2D eigenvalue weighted by atomic mass is 19.1. The molecule has 6 rings (SSSR count). The van der Waals surface area contributed by atoms with Gasteiger partial charge >= 0.3 is 6.09 Å². The maximum absolute atomic E-state index is 14.9. The fourth-order valence-corrected chi connectivity index (χ4v) is 10.6. The van der Waals surface area contributed by atoms with Crippen LogP contribution in [0.25, 0.3) is 0 Å². The number of carbonyl (C=O) groups is 1. The van der Waals surface area contributed by atoms with Gasteiger partial charge in [0.2, 0.25) is 5.79 Å². The van der Waals surface area contributed by atoms with Gasteiger partial charge in [0.25, 0.3) is 0 Å². The second kappa shape index (κ2) is 26.7. The number of unbranched alkanes of at least 4 members (excludes halogenated alkanes) is 11. The molecule has 1 fully saturated rings. The number of aryl methyl sites for hydroxylation is 1. The van der Waals surface area contributed by atoms with Gasteiger partial charge in [-0.3, -0.25) is 9.88 Å². The number of fused-ring (bicyclic) bond motifs is 2. The third-order valence-electron chi connectivity index (χ3n) is 13.8. The van der Waals surface area contributed by atoms with Crippen LogP contribution in [-0.2, 0) is 27.5 Å². The summed E-state index contributed by atoms with van der Waals surface area (Å²) in [6.45, 7) is 9.19. The van der Waals surface area contributed by atoms with Crippen LogP contribution in [0.4, 0.5) is 9.18 Å². The van der Waals surface area contributed by atoms with E-state index >= 15 is 0 Å². The van der Waals surface area contributed by atoms with E-state index < -0.39 is 23.8 Å². The zero-order valence-electron chi connectivity index (χ0n) is 40.3. The van der Waals surface area contributed by atoms with Gasteiger partial charge in [-0.15, -0.1) is 6.58 Å². The lowest BCUT2D eigenvalue weighted by Gasteiger charge is -2.59. The number of ether oxygens (including phenoxy) is 4. The Kier molecular flexibility index (Phi) is 20.6. The molecular weight excluding hydrogens is 850 g/mol. The number of oxime groups is 1. The molecule has 2 aliphatic carbocycles. The van der Waals surface area contributed by atoms with Gasteiger partial charge < -0.3 is 34.0 Å². The van der Waals surface area contributed by atoms with E-state index in [4.69, 9.17) is 28.9 Å². The average molecular weight is 926 g/mol. The van der Waals surface area contributed by atoms with Gasteiger partial charge in [0.05, 0.1) is 30.5 Å². The highest BCUT2D eigenvalue weighted by Gasteiger charge is 2.65. The molecule has 1 amide bonds. The number of aromatic nitrogens is 1. The highest BCUT2D eigenvalue weighted by molar-refractivity contribution is 6.03. The number of halogens is 1. The summed E-state index contributed by atoms with van der Waals surface area (Å²) in [4.78, 5) is 26.8. The molecule has 0 unspecified atom stereocenters. The maximum atomic E-state index is 14.9. The van der Waals surface area contributed by atoms with Crippen LogP contribution in [0.3, 0.4) is 0 Å². The van der Waals surface area contributed by atoms with E-state index in [1.807, 2.05) is 37.3 Å². The first-order valence-corrected chi connectivity index (χ1v) is 25.1. The van der Waals surface area contributed by atoms with Crippen molar-refractivity contribution in [3.05, 3.63) is 113 Å². The Morgan fingerprint density at radius 3 is 2.34 bits per heavy atom. The third kappa shape index (κ3) is 13.7. The van der Waals surface area contributed by atoms with Crippen LogP contribution in [0.1, 0.15) is 145 Å². The number of benzene rings is 2. The largest absolute Gasteiger partial charge is 0.487 e. The van der Waals surface area contributed by atoms with Crippen molar-refractivity contribution < 1.29 is 43.2 Å². The van der Waals surface area contributed by atoms with Gasteiger partial charge in [-0.2, -0.15) is 0 Å². The Morgan fingerprint density at radius 1 is 0.940 bits per heavy atom. The van der Waals surface area contributed by atoms with E-state index in [-0.39, 0.29) is 69.6 Å². The van der Waals surface area contributed by atoms with Crippen molar-refractivity contribution in [3.63, 3.8) is 0 Å². The quantitative estimate of drug-likeness (QED) is 0.0397. The van der Waals surface area contributed by atoms with Gasteiger partial charge in [-0.25, -0.2) is 9.18 Å². The van der Waals surface area contributed by atoms with Crippen molar-refractivity contribution in [2.75, 3.05) is 33.5 Å². The molecule has 3 aromatic rings. The van der Waals surface area contributed by atoms with Crippen molar-refractivity contribution >= 4 is 11.8 Å². The summed E-state index contributed by atoms with van der Waals surface area (Å²) in [5, 5.41) is 24.6. The van der Waals surface area contributed by atoms with Crippen LogP contribution in [0, 0.1) is 30.5 Å². The first kappa shape index (κ1) is 51.6. The van der Waals surface area contributed by atoms with E-state index in [2.05, 4.69) is 30.6 Å². The molecule has 1 aromatic heterocycles. The molecule has 366 valence electrons. The number of nitrogens with zero attached hydrogens (tertiary/aromatic N) is 3. The molecular formula is C55H76FN3O8. The molecule has 12 heteroatoms. The Labute approximate surface area is 398 Å². The predicted octanol–water partition coefficient (Wildman–Crippen LogP) is 11.9. The van der Waals surface area contributed by atoms with Crippen LogP contribution in [0.5, 0.6) is 11.5 Å². The number of hydrogen-bond donors (Lipinski definition) is 2. The summed E-state index contributed by atoms with van der Waals surface area (Å²) in [5.74, 6) is -1.18. The summed E-state index contributed by atoms with van der Waals surface area (Å²) < 4.78 is 41.5. The van der Waals surface area contributed by atoms with Crippen molar-refractivity contribution in [2.24, 2.45) is 22.9 Å². The molecule has 67 heavy (non-hydrogen) atoms. The van der Waals surface area contributed by atoms with Crippen LogP contribution in [-0.4, -0.2) is 77.3 Å². The van der Waals surface area contributed by atoms with Crippen LogP contribution in [0.2, 0.25) is 0 Å². The van der Waals surface area contributed by atoms with Gasteiger partial charge in [0.1, 0.15) is 37.1 Å². The zero-order chi connectivity index (χ0) is 47.4. The number of amides is 1. The van der Waals surface area contributed by atoms with E-state index in [1.165, 1.54) is 64.2 Å². The normalized spacial score (nSPS) is 22.3. The Bertz CT molecular complexity index is 2060. The molecule has 6 atom stereocenters. The van der Waals surface area contributed by atoms with Crippen LogP contribution in [0.15, 0.2) is 90.1 Å². The second-order valence-electron chi connectivity index (χ2n) is 18.6. The smallest absolute Gasteiger partial charge is 0.410 e. The minimum Gasteiger partial charge on any atom is -0.487 e. The number of pyridine rings is 1. The van der Waals surface area contributed by atoms with E-state index in [0.29, 0.717) is 30.1 Å². The fourth-order valence-electron chi connectivity index (χ4n) is 10.6. The molecule has 0 radical (unpaired) electrons. The lowest BCUT2D eigenvalue weighted by atomic mass is 9.55. The van der Waals surface area contributed by atoms with E-state index in [9.17, 15) is 19.4 Å². The lowest BCUT2D eigenvalue weighted by Crippen LogP contribution is -2.70. The van der Waals surface area contributed by atoms with Crippen molar-refractivity contribution in [2.45, 2.75) is 154 Å². The van der Waals surface area contributed by atoms with Gasteiger partial charge in [0, 0.05) is 43.4 Å². The first-order valence-electron chi connectivity index (χ1n) is 25.1. The molecule has 1 saturated carbocycles. The first-order chi connectivity index (χ1) is 32.8. The van der Waals surface area contributed by atoms with Crippen LogP contribution >= 0.6 is 0 Å². The Morgan fingerprint density at radius 2 is 1.66 bits per heavy atom. The predicted molar refractivity (Wildman–Crippen MR) is 260 cm³/mol.